The molecule has 0 nitrogen and oxygen atoms in total. The van der Waals surface area contributed by atoms with Gasteiger partial charge in [0.1, 0.15) is 0 Å². The van der Waals surface area contributed by atoms with Gasteiger partial charge in [-0.15, -0.1) is 0 Å². The van der Waals surface area contributed by atoms with Crippen LogP contribution >= 0.6 is 0 Å². The molecule has 0 saturated heterocycles. The number of halogens is 3. The maximum Gasteiger partial charge on any atom is 0 e. The second kappa shape index (κ2) is 19.7. The Morgan fingerprint density at radius 2 is 1.08 bits per heavy atom. The summed E-state index contributed by atoms with van der Waals surface area (Å²) in [6, 6.07) is 0. The summed E-state index contributed by atoms with van der Waals surface area (Å²) in [6.07, 6.45) is 21.3. The van der Waals surface area contributed by atoms with E-state index in [1.807, 2.05) is 0 Å². The number of unbranched alkanes of at least 4 members (excludes halogenated alkanes) is 2. The van der Waals surface area contributed by atoms with Crippen molar-refractivity contribution in [2.24, 2.45) is 0 Å². The van der Waals surface area contributed by atoms with Crippen LogP contribution in [0.1, 0.15) is 79.1 Å². The van der Waals surface area contributed by atoms with Crippen molar-refractivity contribution in [1.82, 2.24) is 0 Å². The molecule has 2 aliphatic carbocycles. The van der Waals surface area contributed by atoms with Crippen LogP contribution in [0.4, 0.5) is 0 Å². The van der Waals surface area contributed by atoms with Crippen LogP contribution in [0.5, 0.6) is 0 Å². The van der Waals surface area contributed by atoms with Crippen molar-refractivity contribution in [1.29, 1.82) is 0 Å². The van der Waals surface area contributed by atoms with Crippen molar-refractivity contribution in [3.63, 3.8) is 0 Å². The molecule has 0 fully saturated rings. The molecule has 4 heteroatoms. The molecule has 2 aliphatic rings. The molecule has 0 aromatic heterocycles. The van der Waals surface area contributed by atoms with Crippen molar-refractivity contribution >= 4 is 0 Å². The van der Waals surface area contributed by atoms with Gasteiger partial charge in [0.15, 0.2) is 0 Å². The normalized spacial score (nSPS) is 14.2. The third-order valence-corrected chi connectivity index (χ3v) is 3.66. The summed E-state index contributed by atoms with van der Waals surface area (Å²) in [5.41, 5.74) is 5.65. The third kappa shape index (κ3) is 14.7. The molecule has 0 bridgehead atoms. The Labute approximate surface area is 180 Å². The summed E-state index contributed by atoms with van der Waals surface area (Å²) >= 11 is 0. The fourth-order valence-corrected chi connectivity index (χ4v) is 2.37. The van der Waals surface area contributed by atoms with Gasteiger partial charge in [0.25, 0.3) is 0 Å². The third-order valence-electron chi connectivity index (χ3n) is 3.66. The maximum absolute atomic E-state index is 3.37. The predicted octanol–water partition coefficient (Wildman–Crippen LogP) is -2.48. The average Bonchev–Trinajstić information content (AvgIpc) is 3.03. The first-order valence-corrected chi connectivity index (χ1v) is 8.22. The Kier molecular flexibility index (Phi) is 26.4. The Morgan fingerprint density at radius 3 is 1.29 bits per heavy atom. The van der Waals surface area contributed by atoms with E-state index in [4.69, 9.17) is 0 Å². The maximum atomic E-state index is 3.37. The van der Waals surface area contributed by atoms with Gasteiger partial charge in [-0.1, -0.05) is 79.1 Å². The van der Waals surface area contributed by atoms with Crippen LogP contribution in [0.2, 0.25) is 0 Å². The van der Waals surface area contributed by atoms with E-state index in [0.717, 1.165) is 12.8 Å². The van der Waals surface area contributed by atoms with E-state index in [0.29, 0.717) is 0 Å². The van der Waals surface area contributed by atoms with Crippen molar-refractivity contribution < 1.29 is 55.8 Å². The summed E-state index contributed by atoms with van der Waals surface area (Å²) < 4.78 is 0. The molecule has 0 saturated carbocycles. The predicted molar refractivity (Wildman–Crippen MR) is 89.3 cm³/mol. The Hall–Kier alpha value is 0.414. The van der Waals surface area contributed by atoms with Gasteiger partial charge in [-0.05, 0) is 0 Å². The van der Waals surface area contributed by atoms with Crippen LogP contribution < -0.4 is 37.2 Å². The fraction of sp³-hybridized carbons (Fsp3) is 0.600. The van der Waals surface area contributed by atoms with Crippen LogP contribution in [0.25, 0.3) is 0 Å². The van der Waals surface area contributed by atoms with E-state index in [2.05, 4.69) is 52.0 Å². The first-order valence-electron chi connectivity index (χ1n) is 8.22. The smallest absolute Gasteiger partial charge is 0 e. The summed E-state index contributed by atoms with van der Waals surface area (Å²) in [7, 11) is 0. The summed E-state index contributed by atoms with van der Waals surface area (Å²) in [6.45, 7) is 8.75. The molecule has 0 aromatic carbocycles. The molecule has 0 atom stereocenters. The molecule has 0 spiro atoms. The minimum absolute atomic E-state index is 0. The van der Waals surface area contributed by atoms with Crippen LogP contribution in [-0.2, 0) is 18.6 Å². The van der Waals surface area contributed by atoms with Gasteiger partial charge in [0.2, 0.25) is 0 Å². The monoisotopic (exact) mass is 426 g/mol. The van der Waals surface area contributed by atoms with Crippen LogP contribution in [0.3, 0.4) is 0 Å². The number of rotatable bonds is 6. The summed E-state index contributed by atoms with van der Waals surface area (Å²) in [4.78, 5) is 0. The second-order valence-corrected chi connectivity index (χ2v) is 5.88. The van der Waals surface area contributed by atoms with Gasteiger partial charge in [0.05, 0.1) is 0 Å². The van der Waals surface area contributed by atoms with Crippen molar-refractivity contribution in [2.75, 3.05) is 0 Å². The van der Waals surface area contributed by atoms with E-state index < -0.39 is 0 Å². The van der Waals surface area contributed by atoms with Gasteiger partial charge in [-0.2, -0.15) is 11.1 Å². The number of hydrogen-bond donors (Lipinski definition) is 0. The molecule has 0 aromatic rings. The molecule has 24 heavy (non-hydrogen) atoms. The van der Waals surface area contributed by atoms with E-state index in [1.54, 1.807) is 0 Å². The van der Waals surface area contributed by atoms with Crippen molar-refractivity contribution in [2.45, 2.75) is 79.1 Å². The van der Waals surface area contributed by atoms with E-state index >= 15 is 0 Å². The van der Waals surface area contributed by atoms with Gasteiger partial charge in [-0.3, -0.25) is 0 Å². The first-order chi connectivity index (χ1) is 9.65. The molecule has 2 rings (SSSR count). The van der Waals surface area contributed by atoms with Crippen molar-refractivity contribution in [3.05, 3.63) is 46.6 Å². The molecule has 1 radical (unpaired) electrons. The topological polar surface area (TPSA) is 0 Å². The number of allylic oxidation sites excluding steroid dienone is 8. The molecular weight excluding hydrogens is 398 g/mol. The van der Waals surface area contributed by atoms with Crippen LogP contribution in [0, 0.1) is 12.2 Å². The Morgan fingerprint density at radius 1 is 0.750 bits per heavy atom. The summed E-state index contributed by atoms with van der Waals surface area (Å²) in [5, 5.41) is 0. The van der Waals surface area contributed by atoms with E-state index in [1.165, 1.54) is 60.8 Å². The Balaban J connectivity index is -0.000000143. The zero-order valence-electron chi connectivity index (χ0n) is 15.4. The van der Waals surface area contributed by atoms with Gasteiger partial charge in [-0.25, -0.2) is 35.5 Å². The zero-order valence-corrected chi connectivity index (χ0v) is 19.1. The van der Waals surface area contributed by atoms with Crippen LogP contribution in [0.15, 0.2) is 34.4 Å². The van der Waals surface area contributed by atoms with E-state index in [-0.39, 0.29) is 55.8 Å². The van der Waals surface area contributed by atoms with Gasteiger partial charge in [0, 0.05) is 18.6 Å². The SMILES string of the molecule is CCCCC1=CCC(C)=[C-]1.CCCCC1=CCC(C)=[C-]1.[Cl-].[Cl-].[Cl-].[V]. The standard InChI is InChI=1S/2C10H15.3ClH.V/c2*1-3-4-5-10-7-6-9(2)8-10;;;;/h2*7H,3-6H2,1-2H3;3*1H;/q2*-1;;;;/p-3. The van der Waals surface area contributed by atoms with Crippen LogP contribution in [-0.4, -0.2) is 0 Å². The molecule has 0 amide bonds. The largest absolute Gasteiger partial charge is 1.00 e. The molecule has 0 heterocycles. The molecular formula is C20H30Cl3V-5. The minimum atomic E-state index is 0. The fourth-order valence-electron chi connectivity index (χ4n) is 2.37. The molecule has 141 valence electrons. The first kappa shape index (κ1) is 32.1. The number of hydrogen-bond acceptors (Lipinski definition) is 0. The zero-order chi connectivity index (χ0) is 14.8. The van der Waals surface area contributed by atoms with Crippen molar-refractivity contribution in [3.8, 4) is 0 Å². The molecule has 0 N–H and O–H groups in total. The van der Waals surface area contributed by atoms with Gasteiger partial charge < -0.3 is 37.2 Å². The molecule has 0 unspecified atom stereocenters. The Bertz CT molecular complexity index is 381. The van der Waals surface area contributed by atoms with E-state index in [9.17, 15) is 0 Å². The minimum Gasteiger partial charge on any atom is -1.00 e. The average molecular weight is 428 g/mol. The quantitative estimate of drug-likeness (QED) is 0.412. The molecule has 0 aliphatic heterocycles. The second-order valence-electron chi connectivity index (χ2n) is 5.88. The van der Waals surface area contributed by atoms with Gasteiger partial charge >= 0.3 is 0 Å². The summed E-state index contributed by atoms with van der Waals surface area (Å²) in [5.74, 6) is 0.